The fourth-order valence-corrected chi connectivity index (χ4v) is 2.61. The average Bonchev–Trinajstić information content (AvgIpc) is 2.61. The van der Waals surface area contributed by atoms with Gasteiger partial charge in [0.1, 0.15) is 0 Å². The monoisotopic (exact) mass is 199 g/mol. The first-order valence-corrected chi connectivity index (χ1v) is 6.05. The Kier molecular flexibility index (Phi) is 4.90. The van der Waals surface area contributed by atoms with E-state index in [4.69, 9.17) is 4.74 Å². The van der Waals surface area contributed by atoms with Gasteiger partial charge in [0.25, 0.3) is 0 Å². The molecule has 0 radical (unpaired) electrons. The molecule has 1 aliphatic heterocycles. The fourth-order valence-electron chi connectivity index (χ4n) is 2.61. The molecule has 1 aliphatic rings. The molecule has 3 atom stereocenters. The highest BCUT2D eigenvalue weighted by Gasteiger charge is 2.34. The van der Waals surface area contributed by atoms with Gasteiger partial charge in [0, 0.05) is 18.6 Å². The first-order valence-electron chi connectivity index (χ1n) is 6.05. The third kappa shape index (κ3) is 2.71. The van der Waals surface area contributed by atoms with E-state index in [-0.39, 0.29) is 0 Å². The minimum Gasteiger partial charge on any atom is -0.378 e. The molecule has 0 aromatic rings. The van der Waals surface area contributed by atoms with Crippen LogP contribution in [0.3, 0.4) is 0 Å². The second-order valence-electron chi connectivity index (χ2n) is 4.60. The lowest BCUT2D eigenvalue weighted by molar-refractivity contribution is 0.0718. The molecule has 0 aromatic heterocycles. The van der Waals surface area contributed by atoms with Crippen LogP contribution in [-0.4, -0.2) is 25.3 Å². The summed E-state index contributed by atoms with van der Waals surface area (Å²) in [6.07, 6.45) is 2.87. The van der Waals surface area contributed by atoms with Crippen LogP contribution in [0.5, 0.6) is 0 Å². The maximum absolute atomic E-state index is 5.75. The highest BCUT2D eigenvalue weighted by molar-refractivity contribution is 4.87. The molecule has 1 heterocycles. The van der Waals surface area contributed by atoms with Crippen molar-refractivity contribution in [3.05, 3.63) is 0 Å². The third-order valence-corrected chi connectivity index (χ3v) is 3.28. The largest absolute Gasteiger partial charge is 0.378 e. The van der Waals surface area contributed by atoms with Crippen molar-refractivity contribution < 1.29 is 4.74 Å². The van der Waals surface area contributed by atoms with Crippen molar-refractivity contribution in [1.82, 2.24) is 5.32 Å². The highest BCUT2D eigenvalue weighted by Crippen LogP contribution is 2.29. The lowest BCUT2D eigenvalue weighted by Crippen LogP contribution is -2.43. The second-order valence-corrected chi connectivity index (χ2v) is 4.60. The summed E-state index contributed by atoms with van der Waals surface area (Å²) in [7, 11) is 0. The molecule has 0 spiro atoms. The summed E-state index contributed by atoms with van der Waals surface area (Å²) >= 11 is 0. The van der Waals surface area contributed by atoms with Crippen molar-refractivity contribution >= 4 is 0 Å². The number of nitrogens with one attached hydrogen (secondary N) is 1. The lowest BCUT2D eigenvalue weighted by atomic mass is 9.84. The van der Waals surface area contributed by atoms with Gasteiger partial charge in [-0.1, -0.05) is 27.7 Å². The maximum atomic E-state index is 5.75. The van der Waals surface area contributed by atoms with Crippen LogP contribution in [0.4, 0.5) is 0 Å². The van der Waals surface area contributed by atoms with Gasteiger partial charge in [-0.05, 0) is 25.3 Å². The van der Waals surface area contributed by atoms with Crippen LogP contribution in [0, 0.1) is 11.8 Å². The molecule has 84 valence electrons. The van der Waals surface area contributed by atoms with E-state index in [0.29, 0.717) is 18.1 Å². The SMILES string of the molecule is CCNC(C(C)C)C1CCOC1CC. The third-order valence-electron chi connectivity index (χ3n) is 3.28. The van der Waals surface area contributed by atoms with Crippen LogP contribution in [0.15, 0.2) is 0 Å². The fraction of sp³-hybridized carbons (Fsp3) is 1.00. The summed E-state index contributed by atoms with van der Waals surface area (Å²) in [6, 6.07) is 0.632. The Morgan fingerprint density at radius 3 is 2.57 bits per heavy atom. The summed E-state index contributed by atoms with van der Waals surface area (Å²) in [5.41, 5.74) is 0. The van der Waals surface area contributed by atoms with Gasteiger partial charge >= 0.3 is 0 Å². The average molecular weight is 199 g/mol. The summed E-state index contributed by atoms with van der Waals surface area (Å²) in [6.45, 7) is 11.0. The molecular formula is C12H25NO. The Hall–Kier alpha value is -0.0800. The lowest BCUT2D eigenvalue weighted by Gasteiger charge is -2.30. The van der Waals surface area contributed by atoms with E-state index in [0.717, 1.165) is 25.5 Å². The zero-order valence-corrected chi connectivity index (χ0v) is 10.0. The molecule has 0 amide bonds. The topological polar surface area (TPSA) is 21.3 Å². The molecule has 14 heavy (non-hydrogen) atoms. The molecule has 0 saturated carbocycles. The molecular weight excluding hydrogens is 174 g/mol. The van der Waals surface area contributed by atoms with E-state index in [9.17, 15) is 0 Å². The van der Waals surface area contributed by atoms with Gasteiger partial charge in [-0.3, -0.25) is 0 Å². The normalized spacial score (nSPS) is 29.8. The van der Waals surface area contributed by atoms with Gasteiger partial charge < -0.3 is 10.1 Å². The van der Waals surface area contributed by atoms with Crippen LogP contribution >= 0.6 is 0 Å². The van der Waals surface area contributed by atoms with Gasteiger partial charge in [-0.2, -0.15) is 0 Å². The molecule has 1 rings (SSSR count). The van der Waals surface area contributed by atoms with Crippen LogP contribution in [0.2, 0.25) is 0 Å². The van der Waals surface area contributed by atoms with Gasteiger partial charge in [-0.25, -0.2) is 0 Å². The van der Waals surface area contributed by atoms with E-state index in [1.54, 1.807) is 0 Å². The predicted octanol–water partition coefficient (Wildman–Crippen LogP) is 2.44. The molecule has 0 bridgehead atoms. The second kappa shape index (κ2) is 5.72. The minimum absolute atomic E-state index is 0.487. The minimum atomic E-state index is 0.487. The molecule has 0 aromatic carbocycles. The number of ether oxygens (including phenoxy) is 1. The van der Waals surface area contributed by atoms with Gasteiger partial charge in [0.05, 0.1) is 6.10 Å². The van der Waals surface area contributed by atoms with Gasteiger partial charge in [0.2, 0.25) is 0 Å². The first kappa shape index (κ1) is 12.0. The standard InChI is InChI=1S/C12H25NO/c1-5-11-10(7-8-14-11)12(9(3)4)13-6-2/h9-13H,5-8H2,1-4H3. The van der Waals surface area contributed by atoms with Crippen LogP contribution in [-0.2, 0) is 4.74 Å². The molecule has 2 nitrogen and oxygen atoms in total. The highest BCUT2D eigenvalue weighted by atomic mass is 16.5. The predicted molar refractivity (Wildman–Crippen MR) is 60.4 cm³/mol. The molecule has 2 heteroatoms. The smallest absolute Gasteiger partial charge is 0.0616 e. The van der Waals surface area contributed by atoms with E-state index in [1.165, 1.54) is 6.42 Å². The summed E-state index contributed by atoms with van der Waals surface area (Å²) in [5.74, 6) is 1.43. The number of hydrogen-bond donors (Lipinski definition) is 1. The van der Waals surface area contributed by atoms with Crippen LogP contribution in [0.1, 0.15) is 40.5 Å². The van der Waals surface area contributed by atoms with Crippen molar-refractivity contribution in [2.75, 3.05) is 13.2 Å². The van der Waals surface area contributed by atoms with Crippen molar-refractivity contribution in [1.29, 1.82) is 0 Å². The van der Waals surface area contributed by atoms with Crippen molar-refractivity contribution in [2.24, 2.45) is 11.8 Å². The molecule has 1 fully saturated rings. The summed E-state index contributed by atoms with van der Waals surface area (Å²) < 4.78 is 5.75. The van der Waals surface area contributed by atoms with E-state index in [2.05, 4.69) is 33.0 Å². The van der Waals surface area contributed by atoms with E-state index < -0.39 is 0 Å². The number of hydrogen-bond acceptors (Lipinski definition) is 2. The Morgan fingerprint density at radius 2 is 2.07 bits per heavy atom. The van der Waals surface area contributed by atoms with E-state index >= 15 is 0 Å². The Morgan fingerprint density at radius 1 is 1.36 bits per heavy atom. The molecule has 0 aliphatic carbocycles. The number of rotatable bonds is 5. The molecule has 3 unspecified atom stereocenters. The maximum Gasteiger partial charge on any atom is 0.0616 e. The zero-order chi connectivity index (χ0) is 10.6. The first-order chi connectivity index (χ1) is 6.70. The quantitative estimate of drug-likeness (QED) is 0.734. The Balaban J connectivity index is 2.57. The van der Waals surface area contributed by atoms with Crippen molar-refractivity contribution in [3.63, 3.8) is 0 Å². The van der Waals surface area contributed by atoms with E-state index in [1.807, 2.05) is 0 Å². The van der Waals surface area contributed by atoms with Crippen molar-refractivity contribution in [3.8, 4) is 0 Å². The Bertz CT molecular complexity index is 158. The van der Waals surface area contributed by atoms with Crippen molar-refractivity contribution in [2.45, 2.75) is 52.7 Å². The van der Waals surface area contributed by atoms with Crippen LogP contribution in [0.25, 0.3) is 0 Å². The molecule has 1 saturated heterocycles. The molecule has 1 N–H and O–H groups in total. The van der Waals surface area contributed by atoms with Crippen LogP contribution < -0.4 is 5.32 Å². The van der Waals surface area contributed by atoms with Gasteiger partial charge in [0.15, 0.2) is 0 Å². The van der Waals surface area contributed by atoms with Gasteiger partial charge in [-0.15, -0.1) is 0 Å². The summed E-state index contributed by atoms with van der Waals surface area (Å²) in [5, 5.41) is 3.61. The Labute approximate surface area is 88.4 Å². The summed E-state index contributed by atoms with van der Waals surface area (Å²) in [4.78, 5) is 0. The zero-order valence-electron chi connectivity index (χ0n) is 10.0.